The molecule has 0 radical (unpaired) electrons. The number of carbonyl (C=O) groups is 2. The first-order valence-electron chi connectivity index (χ1n) is 7.73. The van der Waals surface area contributed by atoms with E-state index < -0.39 is 0 Å². The number of hydrogen-bond donors (Lipinski definition) is 1. The highest BCUT2D eigenvalue weighted by molar-refractivity contribution is 5.77. The minimum Gasteiger partial charge on any atom is -0.467 e. The number of furan rings is 1. The molecule has 0 saturated heterocycles. The van der Waals surface area contributed by atoms with Gasteiger partial charge in [0.05, 0.1) is 12.8 Å². The van der Waals surface area contributed by atoms with Crippen molar-refractivity contribution in [2.24, 2.45) is 0 Å². The third-order valence-electron chi connectivity index (χ3n) is 3.61. The molecular weight excluding hydrogens is 292 g/mol. The van der Waals surface area contributed by atoms with Crippen molar-refractivity contribution in [3.8, 4) is 0 Å². The minimum atomic E-state index is -0.0904. The van der Waals surface area contributed by atoms with Gasteiger partial charge < -0.3 is 14.6 Å². The van der Waals surface area contributed by atoms with Crippen molar-refractivity contribution in [2.75, 3.05) is 13.1 Å². The number of carbonyl (C=O) groups excluding carboxylic acids is 2. The standard InChI is InChI=1S/C18H22N2O3/c1-15(21)20(11-9-16-6-3-2-4-7-16)12-10-18(22)19-14-17-8-5-13-23-17/h2-8,13H,9-12,14H2,1H3,(H,19,22). The lowest BCUT2D eigenvalue weighted by molar-refractivity contribution is -0.129. The van der Waals surface area contributed by atoms with E-state index in [0.29, 0.717) is 25.4 Å². The van der Waals surface area contributed by atoms with Gasteiger partial charge >= 0.3 is 0 Å². The fraction of sp³-hybridized carbons (Fsp3) is 0.333. The summed E-state index contributed by atoms with van der Waals surface area (Å²) in [6.07, 6.45) is 2.64. The van der Waals surface area contributed by atoms with Gasteiger partial charge in [-0.2, -0.15) is 0 Å². The average molecular weight is 314 g/mol. The first kappa shape index (κ1) is 16.8. The molecular formula is C18H22N2O3. The lowest BCUT2D eigenvalue weighted by Gasteiger charge is -2.20. The second kappa shape index (κ2) is 8.78. The summed E-state index contributed by atoms with van der Waals surface area (Å²) in [5, 5.41) is 2.78. The highest BCUT2D eigenvalue weighted by Gasteiger charge is 2.11. The maximum Gasteiger partial charge on any atom is 0.222 e. The molecule has 1 N–H and O–H groups in total. The normalized spacial score (nSPS) is 10.3. The zero-order valence-electron chi connectivity index (χ0n) is 13.3. The fourth-order valence-electron chi connectivity index (χ4n) is 2.26. The Morgan fingerprint density at radius 1 is 1.09 bits per heavy atom. The summed E-state index contributed by atoms with van der Waals surface area (Å²) in [6, 6.07) is 13.6. The molecule has 23 heavy (non-hydrogen) atoms. The Hall–Kier alpha value is -2.56. The third-order valence-corrected chi connectivity index (χ3v) is 3.61. The summed E-state index contributed by atoms with van der Waals surface area (Å²) in [6.45, 7) is 2.94. The average Bonchev–Trinajstić information content (AvgIpc) is 3.07. The molecule has 5 nitrogen and oxygen atoms in total. The summed E-state index contributed by atoms with van der Waals surface area (Å²) in [7, 11) is 0. The SMILES string of the molecule is CC(=O)N(CCC(=O)NCc1ccco1)CCc1ccccc1. The molecule has 1 heterocycles. The summed E-state index contributed by atoms with van der Waals surface area (Å²) >= 11 is 0. The Morgan fingerprint density at radius 2 is 1.87 bits per heavy atom. The van der Waals surface area contributed by atoms with Crippen LogP contribution in [0.2, 0.25) is 0 Å². The van der Waals surface area contributed by atoms with E-state index in [1.54, 1.807) is 17.2 Å². The second-order valence-electron chi connectivity index (χ2n) is 5.35. The van der Waals surface area contributed by atoms with Crippen LogP contribution in [-0.2, 0) is 22.6 Å². The van der Waals surface area contributed by atoms with E-state index in [1.165, 1.54) is 12.5 Å². The number of hydrogen-bond acceptors (Lipinski definition) is 3. The molecule has 122 valence electrons. The molecule has 1 aromatic carbocycles. The Kier molecular flexibility index (Phi) is 6.41. The van der Waals surface area contributed by atoms with E-state index in [1.807, 2.05) is 36.4 Å². The van der Waals surface area contributed by atoms with Crippen LogP contribution in [-0.4, -0.2) is 29.8 Å². The molecule has 0 aliphatic carbocycles. The largest absolute Gasteiger partial charge is 0.467 e. The van der Waals surface area contributed by atoms with E-state index in [0.717, 1.165) is 6.42 Å². The van der Waals surface area contributed by atoms with Gasteiger partial charge in [0.25, 0.3) is 0 Å². The van der Waals surface area contributed by atoms with Crippen LogP contribution in [0.4, 0.5) is 0 Å². The van der Waals surface area contributed by atoms with Crippen LogP contribution in [0.5, 0.6) is 0 Å². The Labute approximate surface area is 136 Å². The molecule has 0 saturated carbocycles. The maximum absolute atomic E-state index is 11.8. The van der Waals surface area contributed by atoms with Crippen molar-refractivity contribution in [1.29, 1.82) is 0 Å². The van der Waals surface area contributed by atoms with Crippen molar-refractivity contribution in [3.05, 3.63) is 60.1 Å². The first-order chi connectivity index (χ1) is 11.1. The van der Waals surface area contributed by atoms with Crippen LogP contribution in [0, 0.1) is 0 Å². The van der Waals surface area contributed by atoms with Crippen LogP contribution in [0.1, 0.15) is 24.7 Å². The van der Waals surface area contributed by atoms with Crippen molar-refractivity contribution >= 4 is 11.8 Å². The van der Waals surface area contributed by atoms with Crippen LogP contribution >= 0.6 is 0 Å². The van der Waals surface area contributed by atoms with Gasteiger partial charge in [-0.1, -0.05) is 30.3 Å². The highest BCUT2D eigenvalue weighted by atomic mass is 16.3. The highest BCUT2D eigenvalue weighted by Crippen LogP contribution is 2.03. The van der Waals surface area contributed by atoms with E-state index in [4.69, 9.17) is 4.42 Å². The first-order valence-corrected chi connectivity index (χ1v) is 7.73. The number of rotatable bonds is 8. The molecule has 2 aromatic rings. The van der Waals surface area contributed by atoms with Gasteiger partial charge in [0.2, 0.25) is 11.8 Å². The van der Waals surface area contributed by atoms with Crippen molar-refractivity contribution < 1.29 is 14.0 Å². The maximum atomic E-state index is 11.8. The minimum absolute atomic E-state index is 0.0141. The van der Waals surface area contributed by atoms with E-state index in [2.05, 4.69) is 5.32 Å². The van der Waals surface area contributed by atoms with Crippen LogP contribution < -0.4 is 5.32 Å². The predicted molar refractivity (Wildman–Crippen MR) is 87.6 cm³/mol. The van der Waals surface area contributed by atoms with Gasteiger partial charge in [0.15, 0.2) is 0 Å². The van der Waals surface area contributed by atoms with E-state index in [9.17, 15) is 9.59 Å². The number of benzene rings is 1. The lowest BCUT2D eigenvalue weighted by atomic mass is 10.1. The molecule has 0 spiro atoms. The van der Waals surface area contributed by atoms with E-state index in [-0.39, 0.29) is 18.2 Å². The summed E-state index contributed by atoms with van der Waals surface area (Å²) < 4.78 is 5.16. The molecule has 2 amide bonds. The van der Waals surface area contributed by atoms with Crippen molar-refractivity contribution in [1.82, 2.24) is 10.2 Å². The van der Waals surface area contributed by atoms with Gasteiger partial charge in [0.1, 0.15) is 5.76 Å². The van der Waals surface area contributed by atoms with Crippen LogP contribution in [0.15, 0.2) is 53.1 Å². The van der Waals surface area contributed by atoms with Crippen molar-refractivity contribution in [3.63, 3.8) is 0 Å². The van der Waals surface area contributed by atoms with Gasteiger partial charge in [-0.15, -0.1) is 0 Å². The molecule has 0 bridgehead atoms. The quantitative estimate of drug-likeness (QED) is 0.813. The van der Waals surface area contributed by atoms with Gasteiger partial charge in [-0.05, 0) is 24.1 Å². The zero-order valence-corrected chi connectivity index (χ0v) is 13.3. The summed E-state index contributed by atoms with van der Waals surface area (Å²) in [4.78, 5) is 25.3. The topological polar surface area (TPSA) is 62.6 Å². The molecule has 5 heteroatoms. The molecule has 1 aromatic heterocycles. The predicted octanol–water partition coefficient (Wildman–Crippen LogP) is 2.38. The molecule has 0 aliphatic heterocycles. The van der Waals surface area contributed by atoms with Gasteiger partial charge in [-0.25, -0.2) is 0 Å². The number of amides is 2. The molecule has 2 rings (SSSR count). The van der Waals surface area contributed by atoms with Crippen LogP contribution in [0.25, 0.3) is 0 Å². The smallest absolute Gasteiger partial charge is 0.222 e. The van der Waals surface area contributed by atoms with Crippen molar-refractivity contribution in [2.45, 2.75) is 26.3 Å². The van der Waals surface area contributed by atoms with E-state index >= 15 is 0 Å². The number of nitrogens with one attached hydrogen (secondary N) is 1. The molecule has 0 atom stereocenters. The lowest BCUT2D eigenvalue weighted by Crippen LogP contribution is -2.35. The Bertz CT molecular complexity index is 608. The molecule has 0 aliphatic rings. The number of nitrogens with zero attached hydrogens (tertiary/aromatic N) is 1. The van der Waals surface area contributed by atoms with Gasteiger partial charge in [-0.3, -0.25) is 9.59 Å². The Morgan fingerprint density at radius 3 is 2.52 bits per heavy atom. The van der Waals surface area contributed by atoms with Crippen LogP contribution in [0.3, 0.4) is 0 Å². The fourth-order valence-corrected chi connectivity index (χ4v) is 2.26. The zero-order chi connectivity index (χ0) is 16.5. The Balaban J connectivity index is 1.73. The van der Waals surface area contributed by atoms with Gasteiger partial charge in [0, 0.05) is 26.4 Å². The third kappa shape index (κ3) is 5.98. The monoisotopic (exact) mass is 314 g/mol. The summed E-state index contributed by atoms with van der Waals surface area (Å²) in [5.41, 5.74) is 1.18. The summed E-state index contributed by atoms with van der Waals surface area (Å²) in [5.74, 6) is 0.609. The second-order valence-corrected chi connectivity index (χ2v) is 5.35. The molecule has 0 fully saturated rings. The molecule has 0 unspecified atom stereocenters.